The van der Waals surface area contributed by atoms with Crippen molar-refractivity contribution in [3.05, 3.63) is 55.2 Å². The van der Waals surface area contributed by atoms with Gasteiger partial charge in [0.25, 0.3) is 0 Å². The molecule has 0 spiro atoms. The van der Waals surface area contributed by atoms with E-state index in [1.807, 2.05) is 0 Å². The molecule has 0 N–H and O–H groups in total. The molecule has 0 aliphatic heterocycles. The molecule has 0 amide bonds. The molecule has 1 aromatic heterocycles. The van der Waals surface area contributed by atoms with Crippen molar-refractivity contribution in [2.24, 2.45) is 0 Å². The third-order valence-electron chi connectivity index (χ3n) is 2.21. The van der Waals surface area contributed by atoms with E-state index in [0.717, 1.165) is 0 Å². The zero-order chi connectivity index (χ0) is 13.3. The molecule has 1 aromatic carbocycles. The van der Waals surface area contributed by atoms with Gasteiger partial charge in [-0.2, -0.15) is 0 Å². The second-order valence-corrected chi connectivity index (χ2v) is 5.33. The lowest BCUT2D eigenvalue weighted by molar-refractivity contribution is 0.612. The molecular weight excluding hydrogens is 365 g/mol. The highest BCUT2D eigenvalue weighted by molar-refractivity contribution is 9.10. The van der Waals surface area contributed by atoms with E-state index < -0.39 is 5.82 Å². The first-order valence-electron chi connectivity index (χ1n) is 4.79. The van der Waals surface area contributed by atoms with Gasteiger partial charge in [-0.05, 0) is 28.1 Å². The minimum Gasteiger partial charge on any atom is -0.220 e. The van der Waals surface area contributed by atoms with E-state index in [1.165, 1.54) is 12.1 Å². The van der Waals surface area contributed by atoms with Crippen LogP contribution in [0.3, 0.4) is 0 Å². The van der Waals surface area contributed by atoms with Crippen molar-refractivity contribution in [1.29, 1.82) is 0 Å². The molecule has 7 heteroatoms. The van der Waals surface area contributed by atoms with E-state index in [-0.39, 0.29) is 16.7 Å². The van der Waals surface area contributed by atoms with E-state index >= 15 is 0 Å². The maximum atomic E-state index is 13.6. The second kappa shape index (κ2) is 5.70. The van der Waals surface area contributed by atoms with Gasteiger partial charge < -0.3 is 0 Å². The number of hydrogen-bond acceptors (Lipinski definition) is 2. The minimum atomic E-state index is -0.415. The normalized spacial score (nSPS) is 10.7. The number of aromatic nitrogens is 2. The molecule has 0 saturated heterocycles. The summed E-state index contributed by atoms with van der Waals surface area (Å²) in [5, 5.41) is 0.670. The van der Waals surface area contributed by atoms with Gasteiger partial charge >= 0.3 is 0 Å². The molecule has 94 valence electrons. The number of rotatable bonds is 2. The summed E-state index contributed by atoms with van der Waals surface area (Å²) in [6, 6.07) is 4.45. The molecule has 0 radical (unpaired) electrons. The first kappa shape index (κ1) is 14.0. The Morgan fingerprint density at radius 2 is 1.72 bits per heavy atom. The van der Waals surface area contributed by atoms with Crippen LogP contribution in [0.5, 0.6) is 0 Å². The van der Waals surface area contributed by atoms with E-state index in [0.29, 0.717) is 20.9 Å². The molecule has 18 heavy (non-hydrogen) atoms. The molecule has 0 bridgehead atoms. The predicted molar refractivity (Wildman–Crippen MR) is 74.0 cm³/mol. The Hall–Kier alpha value is -0.420. The summed E-state index contributed by atoms with van der Waals surface area (Å²) in [5.41, 5.74) is 0.314. The average molecular weight is 370 g/mol. The number of nitrogens with zero attached hydrogens (tertiary/aromatic N) is 2. The topological polar surface area (TPSA) is 25.8 Å². The maximum Gasteiger partial charge on any atom is 0.148 e. The number of benzene rings is 1. The van der Waals surface area contributed by atoms with E-state index in [4.69, 9.17) is 34.8 Å². The van der Waals surface area contributed by atoms with Crippen LogP contribution in [-0.2, 0) is 6.42 Å². The van der Waals surface area contributed by atoms with Crippen LogP contribution in [0.1, 0.15) is 11.4 Å². The van der Waals surface area contributed by atoms with E-state index in [9.17, 15) is 4.39 Å². The zero-order valence-corrected chi connectivity index (χ0v) is 12.6. The molecule has 0 aliphatic rings. The van der Waals surface area contributed by atoms with Gasteiger partial charge in [0.2, 0.25) is 0 Å². The highest BCUT2D eigenvalue weighted by Gasteiger charge is 2.13. The van der Waals surface area contributed by atoms with Crippen molar-refractivity contribution in [2.45, 2.75) is 6.42 Å². The first-order valence-corrected chi connectivity index (χ1v) is 6.72. The molecule has 0 unspecified atom stereocenters. The molecule has 1 heterocycles. The van der Waals surface area contributed by atoms with Crippen molar-refractivity contribution in [3.8, 4) is 0 Å². The molecule has 0 atom stereocenters. The van der Waals surface area contributed by atoms with Crippen molar-refractivity contribution in [1.82, 2.24) is 9.97 Å². The fraction of sp³-hybridized carbons (Fsp3) is 0.0909. The lowest BCUT2D eigenvalue weighted by atomic mass is 10.1. The predicted octanol–water partition coefficient (Wildman–Crippen LogP) is 4.93. The Labute approximate surface area is 126 Å². The fourth-order valence-corrected chi connectivity index (χ4v) is 2.20. The quantitative estimate of drug-likeness (QED) is 0.701. The van der Waals surface area contributed by atoms with Crippen LogP contribution in [-0.4, -0.2) is 9.97 Å². The molecule has 2 rings (SSSR count). The van der Waals surface area contributed by atoms with Gasteiger partial charge in [-0.25, -0.2) is 14.4 Å². The Kier molecular flexibility index (Phi) is 4.43. The summed E-state index contributed by atoms with van der Waals surface area (Å²) < 4.78 is 14.0. The highest BCUT2D eigenvalue weighted by atomic mass is 79.9. The molecule has 0 fully saturated rings. The van der Waals surface area contributed by atoms with Crippen LogP contribution in [0.2, 0.25) is 15.3 Å². The summed E-state index contributed by atoms with van der Waals surface area (Å²) in [7, 11) is 0. The summed E-state index contributed by atoms with van der Waals surface area (Å²) in [6.07, 6.45) is 0.123. The average Bonchev–Trinajstić information content (AvgIpc) is 2.31. The van der Waals surface area contributed by atoms with Crippen molar-refractivity contribution in [3.63, 3.8) is 0 Å². The fourth-order valence-electron chi connectivity index (χ4n) is 1.37. The molecule has 0 aliphatic carbocycles. The van der Waals surface area contributed by atoms with E-state index in [1.54, 1.807) is 6.07 Å². The van der Waals surface area contributed by atoms with Gasteiger partial charge in [-0.3, -0.25) is 0 Å². The summed E-state index contributed by atoms with van der Waals surface area (Å²) in [4.78, 5) is 8.02. The van der Waals surface area contributed by atoms with Crippen LogP contribution >= 0.6 is 50.7 Å². The van der Waals surface area contributed by atoms with Crippen molar-refractivity contribution < 1.29 is 4.39 Å². The van der Waals surface area contributed by atoms with Crippen LogP contribution in [0.4, 0.5) is 4.39 Å². The van der Waals surface area contributed by atoms with Gasteiger partial charge in [0.05, 0.1) is 4.47 Å². The van der Waals surface area contributed by atoms with Gasteiger partial charge in [0, 0.05) is 17.0 Å². The molecule has 0 saturated carbocycles. The van der Waals surface area contributed by atoms with Gasteiger partial charge in [-0.1, -0.05) is 40.9 Å². The second-order valence-electron chi connectivity index (χ2n) is 3.41. The van der Waals surface area contributed by atoms with Crippen LogP contribution < -0.4 is 0 Å². The van der Waals surface area contributed by atoms with Gasteiger partial charge in [-0.15, -0.1) is 0 Å². The Morgan fingerprint density at radius 3 is 2.28 bits per heavy atom. The van der Waals surface area contributed by atoms with Crippen LogP contribution in [0.25, 0.3) is 0 Å². The monoisotopic (exact) mass is 368 g/mol. The lowest BCUT2D eigenvalue weighted by Crippen LogP contribution is -2.01. The zero-order valence-electron chi connectivity index (χ0n) is 8.72. The number of hydrogen-bond donors (Lipinski definition) is 0. The Balaban J connectivity index is 2.41. The summed E-state index contributed by atoms with van der Waals surface area (Å²) in [5.74, 6) is -0.110. The third-order valence-corrected chi connectivity index (χ3v) is 4.32. The van der Waals surface area contributed by atoms with E-state index in [2.05, 4.69) is 25.9 Å². The lowest BCUT2D eigenvalue weighted by Gasteiger charge is -2.06. The first-order chi connectivity index (χ1) is 8.49. The van der Waals surface area contributed by atoms with Gasteiger partial charge in [0.1, 0.15) is 21.9 Å². The summed E-state index contributed by atoms with van der Waals surface area (Å²) >= 11 is 20.8. The van der Waals surface area contributed by atoms with Crippen molar-refractivity contribution in [2.75, 3.05) is 0 Å². The van der Waals surface area contributed by atoms with Crippen LogP contribution in [0, 0.1) is 5.82 Å². The smallest absolute Gasteiger partial charge is 0.148 e. The molecule has 2 nitrogen and oxygen atoms in total. The Bertz CT molecular complexity index is 564. The molecular formula is C11H5BrCl3FN2. The highest BCUT2D eigenvalue weighted by Crippen LogP contribution is 2.28. The minimum absolute atomic E-state index is 0.123. The summed E-state index contributed by atoms with van der Waals surface area (Å²) in [6.45, 7) is 0. The van der Waals surface area contributed by atoms with Gasteiger partial charge in [0.15, 0.2) is 0 Å². The van der Waals surface area contributed by atoms with Crippen molar-refractivity contribution >= 4 is 50.7 Å². The molecule has 2 aromatic rings. The third kappa shape index (κ3) is 2.94. The maximum absolute atomic E-state index is 13.6. The number of halogens is 5. The standard InChI is InChI=1S/C11H5BrCl3FN2/c12-9-10(14)17-8(18-11(9)15)4-5-6(13)2-1-3-7(5)16/h1-3H,4H2. The SMILES string of the molecule is Fc1cccc(Cl)c1Cc1nc(Cl)c(Br)c(Cl)n1. The van der Waals surface area contributed by atoms with Crippen LogP contribution in [0.15, 0.2) is 22.7 Å². The Morgan fingerprint density at radius 1 is 1.11 bits per heavy atom. The largest absolute Gasteiger partial charge is 0.220 e.